The lowest BCUT2D eigenvalue weighted by Crippen LogP contribution is -2.61. The summed E-state index contributed by atoms with van der Waals surface area (Å²) in [6, 6.07) is 1.59. The normalized spacial score (nSPS) is 32.0. The van der Waals surface area contributed by atoms with E-state index in [1.54, 1.807) is 33.8 Å². The maximum Gasteiger partial charge on any atom is 0.408 e. The van der Waals surface area contributed by atoms with Crippen LogP contribution in [0.4, 0.5) is 22.4 Å². The third kappa shape index (κ3) is 9.10. The lowest BCUT2D eigenvalue weighted by molar-refractivity contribution is -0.144. The van der Waals surface area contributed by atoms with Crippen molar-refractivity contribution in [1.82, 2.24) is 30.2 Å². The maximum atomic E-state index is 16.6. The van der Waals surface area contributed by atoms with Crippen LogP contribution in [0.3, 0.4) is 0 Å². The summed E-state index contributed by atoms with van der Waals surface area (Å²) >= 11 is 0. The molecule has 3 saturated carbocycles. The highest BCUT2D eigenvalue weighted by atomic mass is 32.2. The quantitative estimate of drug-likeness (QED) is 0.264. The molecule has 1 saturated heterocycles. The molecule has 1 aromatic carbocycles. The number of ether oxygens (including phenoxy) is 3. The molecule has 2 aliphatic heterocycles. The Morgan fingerprint density at radius 3 is 2.38 bits per heavy atom. The second-order valence-electron chi connectivity index (χ2n) is 19.6. The van der Waals surface area contributed by atoms with Crippen LogP contribution in [0.5, 0.6) is 11.6 Å². The molecule has 20 heteroatoms. The number of carbonyl (C=O) groups is 4. The van der Waals surface area contributed by atoms with Gasteiger partial charge in [0.05, 0.1) is 35.4 Å². The Morgan fingerprint density at radius 2 is 1.76 bits per heavy atom. The average molecular weight is 911 g/mol. The molecule has 0 radical (unpaired) electrons. The van der Waals surface area contributed by atoms with Crippen molar-refractivity contribution in [1.29, 1.82) is 0 Å². The van der Waals surface area contributed by atoms with Crippen molar-refractivity contribution in [3.05, 3.63) is 23.9 Å². The number of alkyl halides is 4. The van der Waals surface area contributed by atoms with Gasteiger partial charge in [0.15, 0.2) is 5.69 Å². The van der Waals surface area contributed by atoms with Gasteiger partial charge in [-0.25, -0.2) is 32.0 Å². The zero-order chi connectivity index (χ0) is 46.0. The van der Waals surface area contributed by atoms with E-state index in [2.05, 4.69) is 20.6 Å². The minimum absolute atomic E-state index is 0.0498. The molecule has 63 heavy (non-hydrogen) atoms. The molecule has 2 aromatic rings. The number of sulfonamides is 1. The van der Waals surface area contributed by atoms with Crippen molar-refractivity contribution < 1.29 is 59.4 Å². The first-order valence-electron chi connectivity index (χ1n) is 21.8. The lowest BCUT2D eigenvalue weighted by Gasteiger charge is -2.36. The Labute approximate surface area is 364 Å². The largest absolute Gasteiger partial charge is 0.497 e. The minimum atomic E-state index is -4.32. The Hall–Kier alpha value is -4.49. The molecule has 4 fully saturated rings. The highest BCUT2D eigenvalue weighted by molar-refractivity contribution is 7.91. The lowest BCUT2D eigenvalue weighted by atomic mass is 9.85. The molecule has 3 N–H and O–H groups in total. The molecule has 3 heterocycles. The van der Waals surface area contributed by atoms with Crippen LogP contribution in [0.25, 0.3) is 11.0 Å². The van der Waals surface area contributed by atoms with Gasteiger partial charge in [0.25, 0.3) is 11.8 Å². The topological polar surface area (TPSA) is 195 Å². The summed E-state index contributed by atoms with van der Waals surface area (Å²) in [4.78, 5) is 67.2. The van der Waals surface area contributed by atoms with Gasteiger partial charge in [-0.3, -0.25) is 19.1 Å². The molecular weight excluding hydrogens is 853 g/mol. The molecule has 7 rings (SSSR count). The first-order valence-corrected chi connectivity index (χ1v) is 23.3. The predicted molar refractivity (Wildman–Crippen MR) is 220 cm³/mol. The van der Waals surface area contributed by atoms with E-state index < -0.39 is 129 Å². The molecule has 5 aliphatic rings. The van der Waals surface area contributed by atoms with Crippen LogP contribution >= 0.6 is 0 Å². The molecule has 1 aromatic heterocycles. The molecule has 15 nitrogen and oxygen atoms in total. The molecule has 4 amide bonds. The van der Waals surface area contributed by atoms with E-state index in [0.717, 1.165) is 4.90 Å². The Bertz CT molecular complexity index is 2240. The number of alkyl carbamates (subject to hydrolysis) is 1. The van der Waals surface area contributed by atoms with Crippen LogP contribution in [-0.4, -0.2) is 102 Å². The summed E-state index contributed by atoms with van der Waals surface area (Å²) in [6.07, 6.45) is -4.28. The van der Waals surface area contributed by atoms with E-state index in [1.807, 2.05) is 11.6 Å². The zero-order valence-corrected chi connectivity index (χ0v) is 37.5. The van der Waals surface area contributed by atoms with E-state index >= 15 is 13.6 Å². The molecule has 3 aliphatic carbocycles. The molecule has 2 bridgehead atoms. The summed E-state index contributed by atoms with van der Waals surface area (Å²) in [6.45, 7) is 9.69. The predicted octanol–water partition coefficient (Wildman–Crippen LogP) is 5.98. The molecule has 9 unspecified atom stereocenters. The number of rotatable bonds is 8. The number of hydrogen-bond acceptors (Lipinski definition) is 11. The number of amides is 4. The third-order valence-corrected chi connectivity index (χ3v) is 15.9. The van der Waals surface area contributed by atoms with Gasteiger partial charge in [-0.1, -0.05) is 41.0 Å². The average Bonchev–Trinajstić information content (AvgIpc) is 4.07. The van der Waals surface area contributed by atoms with Crippen molar-refractivity contribution >= 4 is 44.9 Å². The van der Waals surface area contributed by atoms with Crippen molar-refractivity contribution in [3.63, 3.8) is 0 Å². The van der Waals surface area contributed by atoms with Crippen LogP contribution in [0.1, 0.15) is 111 Å². The summed E-state index contributed by atoms with van der Waals surface area (Å²) < 4.78 is 107. The van der Waals surface area contributed by atoms with Crippen LogP contribution in [0.15, 0.2) is 18.2 Å². The number of nitrogens with zero attached hydrogens (tertiary/aromatic N) is 3. The minimum Gasteiger partial charge on any atom is -0.497 e. The number of carbonyl (C=O) groups excluding carboxylic acids is 4. The van der Waals surface area contributed by atoms with Crippen molar-refractivity contribution in [2.75, 3.05) is 13.7 Å². The van der Waals surface area contributed by atoms with Gasteiger partial charge in [0.2, 0.25) is 34.1 Å². The van der Waals surface area contributed by atoms with Crippen molar-refractivity contribution in [3.8, 4) is 11.6 Å². The number of halogens is 4. The second-order valence-corrected chi connectivity index (χ2v) is 21.8. The van der Waals surface area contributed by atoms with Crippen LogP contribution in [-0.2, 0) is 35.1 Å². The summed E-state index contributed by atoms with van der Waals surface area (Å²) in [5, 5.41) is 5.15. The van der Waals surface area contributed by atoms with E-state index in [9.17, 15) is 31.6 Å². The van der Waals surface area contributed by atoms with Crippen LogP contribution < -0.4 is 24.8 Å². The SMILES string of the molecule is CCC1C2CN(C(=O)C(C(C)(C)C)NC(=O)OC3CC(C)CC3CCCCC(F)(F)c3nc4ccc(OC)cc4nc3O2)C1C(=O)NC1(C(=O)NS(=O)(=O)C2(C)CC2)CC1C(F)F. The van der Waals surface area contributed by atoms with Gasteiger partial charge in [0.1, 0.15) is 35.6 Å². The first kappa shape index (κ1) is 46.5. The fraction of sp³-hybridized carbons (Fsp3) is 0.721. The smallest absolute Gasteiger partial charge is 0.408 e. The summed E-state index contributed by atoms with van der Waals surface area (Å²) in [7, 11) is -2.90. The van der Waals surface area contributed by atoms with Crippen LogP contribution in [0.2, 0.25) is 0 Å². The first-order chi connectivity index (χ1) is 29.4. The third-order valence-electron chi connectivity index (χ3n) is 13.8. The highest BCUT2D eigenvalue weighted by Gasteiger charge is 2.68. The zero-order valence-electron chi connectivity index (χ0n) is 36.6. The number of aromatic nitrogens is 2. The number of hydrogen-bond donors (Lipinski definition) is 3. The van der Waals surface area contributed by atoms with E-state index in [0.29, 0.717) is 31.4 Å². The van der Waals surface area contributed by atoms with E-state index in [1.165, 1.54) is 26.2 Å². The number of benzene rings is 1. The Balaban J connectivity index is 1.31. The standard InChI is InChI=1S/C43H58F4N6O9S/c1-8-25-30-21-53(31(25)35(54)51-42(20-26(42)34(44)45)38(56)52-63(58,59)41(6)15-16-41)37(55)33(40(3,4)5)50-39(57)62-29-18-22(2)17-23(29)11-9-10-14-43(46,47)32-36(61-30)49-28-19-24(60-7)12-13-27(28)48-32/h12-13,19,22-23,25-26,29-31,33-34H,8-11,14-18,20-21H2,1-7H3,(H,50,57)(H,51,54)(H,52,56). The number of nitrogens with one attached hydrogen (secondary N) is 3. The molecule has 348 valence electrons. The van der Waals surface area contributed by atoms with Gasteiger partial charge in [-0.05, 0) is 87.7 Å². The molecule has 0 spiro atoms. The van der Waals surface area contributed by atoms with Gasteiger partial charge in [-0.15, -0.1) is 0 Å². The van der Waals surface area contributed by atoms with E-state index in [-0.39, 0.29) is 48.6 Å². The molecular formula is C43H58F4N6O9S. The number of fused-ring (bicyclic) bond motifs is 5. The van der Waals surface area contributed by atoms with Gasteiger partial charge in [0, 0.05) is 18.4 Å². The monoisotopic (exact) mass is 910 g/mol. The van der Waals surface area contributed by atoms with Gasteiger partial charge < -0.3 is 29.7 Å². The fourth-order valence-electron chi connectivity index (χ4n) is 9.57. The van der Waals surface area contributed by atoms with Gasteiger partial charge >= 0.3 is 6.09 Å². The van der Waals surface area contributed by atoms with Crippen molar-refractivity contribution in [2.24, 2.45) is 29.1 Å². The van der Waals surface area contributed by atoms with Gasteiger partial charge in [-0.2, -0.15) is 8.78 Å². The maximum absolute atomic E-state index is 16.6. The fourth-order valence-corrected chi connectivity index (χ4v) is 10.9. The Morgan fingerprint density at radius 1 is 1.05 bits per heavy atom. The summed E-state index contributed by atoms with van der Waals surface area (Å²) in [5.41, 5.74) is -3.84. The summed E-state index contributed by atoms with van der Waals surface area (Å²) in [5.74, 6) is -9.74. The van der Waals surface area contributed by atoms with E-state index in [4.69, 9.17) is 14.2 Å². The Kier molecular flexibility index (Phi) is 12.4. The highest BCUT2D eigenvalue weighted by Crippen LogP contribution is 2.50. The second kappa shape index (κ2) is 16.8. The molecule has 9 atom stereocenters. The van der Waals surface area contributed by atoms with Crippen LogP contribution in [0, 0.1) is 29.1 Å². The number of methoxy groups -OCH3 is 1. The van der Waals surface area contributed by atoms with Crippen molar-refractivity contribution in [2.45, 2.75) is 153 Å².